The molecule has 0 saturated carbocycles. The van der Waals surface area contributed by atoms with Crippen molar-refractivity contribution in [2.75, 3.05) is 13.1 Å². The molecule has 4 N–H and O–H groups in total. The van der Waals surface area contributed by atoms with E-state index >= 15 is 0 Å². The number of nitrogens with one attached hydrogen (secondary N) is 1. The van der Waals surface area contributed by atoms with E-state index in [4.69, 9.17) is 10.8 Å². The lowest BCUT2D eigenvalue weighted by Gasteiger charge is -2.35. The minimum absolute atomic E-state index is 0.308. The molecule has 1 fully saturated rings. The van der Waals surface area contributed by atoms with Gasteiger partial charge in [0.15, 0.2) is 0 Å². The number of amides is 2. The van der Waals surface area contributed by atoms with Crippen molar-refractivity contribution in [3.05, 3.63) is 0 Å². The van der Waals surface area contributed by atoms with E-state index in [0.29, 0.717) is 19.5 Å². The van der Waals surface area contributed by atoms with E-state index in [1.54, 1.807) is 0 Å². The minimum atomic E-state index is -1.11. The maximum atomic E-state index is 12.2. The molecule has 2 atom stereocenters. The zero-order valence-electron chi connectivity index (χ0n) is 11.1. The minimum Gasteiger partial charge on any atom is -0.481 e. The molecule has 19 heavy (non-hydrogen) atoms. The molecule has 0 bridgehead atoms. The number of hydrogen-bond donors (Lipinski definition) is 3. The molecule has 2 unspecified atom stereocenters. The number of hydrogen-bond acceptors (Lipinski definition) is 4. The fraction of sp³-hybridized carbons (Fsp3) is 0.750. The molecule has 0 aromatic carbocycles. The van der Waals surface area contributed by atoms with Crippen LogP contribution < -0.4 is 11.1 Å². The van der Waals surface area contributed by atoms with E-state index in [2.05, 4.69) is 5.32 Å². The van der Waals surface area contributed by atoms with Gasteiger partial charge < -0.3 is 21.1 Å². The number of unbranched alkanes of at least 4 members (excludes halogenated alkanes) is 1. The molecule has 0 spiro atoms. The van der Waals surface area contributed by atoms with Crippen molar-refractivity contribution in [3.63, 3.8) is 0 Å². The molecular formula is C12H21N3O4. The fourth-order valence-electron chi connectivity index (χ4n) is 2.11. The summed E-state index contributed by atoms with van der Waals surface area (Å²) in [5, 5.41) is 11.4. The molecule has 1 aliphatic rings. The SMILES string of the molecule is CCCCC(N)C(=O)N1CCNC(=O)C1CC(=O)O. The number of carbonyl (C=O) groups excluding carboxylic acids is 2. The average molecular weight is 271 g/mol. The van der Waals surface area contributed by atoms with Crippen molar-refractivity contribution >= 4 is 17.8 Å². The first-order chi connectivity index (χ1) is 8.97. The number of aliphatic carboxylic acids is 1. The van der Waals surface area contributed by atoms with Gasteiger partial charge >= 0.3 is 5.97 Å². The van der Waals surface area contributed by atoms with Crippen LogP contribution in [0.2, 0.25) is 0 Å². The third-order valence-electron chi connectivity index (χ3n) is 3.17. The van der Waals surface area contributed by atoms with Crippen LogP contribution in [0.25, 0.3) is 0 Å². The summed E-state index contributed by atoms with van der Waals surface area (Å²) in [5.74, 6) is -1.87. The lowest BCUT2D eigenvalue weighted by atomic mass is 10.0. The summed E-state index contributed by atoms with van der Waals surface area (Å²) in [4.78, 5) is 35.9. The number of nitrogens with two attached hydrogens (primary N) is 1. The molecular weight excluding hydrogens is 250 g/mol. The summed E-state index contributed by atoms with van der Waals surface area (Å²) >= 11 is 0. The van der Waals surface area contributed by atoms with Gasteiger partial charge in [0.25, 0.3) is 0 Å². The Bertz CT molecular complexity index is 359. The Labute approximate surface area is 112 Å². The molecule has 1 aliphatic heterocycles. The number of nitrogens with zero attached hydrogens (tertiary/aromatic N) is 1. The highest BCUT2D eigenvalue weighted by molar-refractivity contribution is 5.93. The second-order valence-corrected chi connectivity index (χ2v) is 4.69. The van der Waals surface area contributed by atoms with Crippen molar-refractivity contribution in [2.24, 2.45) is 5.73 Å². The highest BCUT2D eigenvalue weighted by Crippen LogP contribution is 2.12. The summed E-state index contributed by atoms with van der Waals surface area (Å²) in [6.45, 7) is 2.64. The molecule has 1 heterocycles. The summed E-state index contributed by atoms with van der Waals surface area (Å²) in [6.07, 6.45) is 1.92. The normalized spacial score (nSPS) is 20.8. The van der Waals surface area contributed by atoms with Gasteiger partial charge in [-0.3, -0.25) is 14.4 Å². The first kappa shape index (κ1) is 15.4. The van der Waals surface area contributed by atoms with Crippen molar-refractivity contribution < 1.29 is 19.5 Å². The van der Waals surface area contributed by atoms with Crippen LogP contribution >= 0.6 is 0 Å². The quantitative estimate of drug-likeness (QED) is 0.591. The van der Waals surface area contributed by atoms with E-state index in [0.717, 1.165) is 12.8 Å². The topological polar surface area (TPSA) is 113 Å². The molecule has 108 valence electrons. The van der Waals surface area contributed by atoms with Gasteiger partial charge in [-0.1, -0.05) is 19.8 Å². The van der Waals surface area contributed by atoms with Crippen molar-refractivity contribution in [2.45, 2.75) is 44.7 Å². The summed E-state index contributed by atoms with van der Waals surface area (Å²) in [7, 11) is 0. The molecule has 7 nitrogen and oxygen atoms in total. The average Bonchev–Trinajstić information content (AvgIpc) is 2.37. The van der Waals surface area contributed by atoms with Gasteiger partial charge in [0.2, 0.25) is 11.8 Å². The lowest BCUT2D eigenvalue weighted by Crippen LogP contribution is -2.60. The van der Waals surface area contributed by atoms with Gasteiger partial charge in [0.1, 0.15) is 6.04 Å². The van der Waals surface area contributed by atoms with Gasteiger partial charge in [-0.2, -0.15) is 0 Å². The van der Waals surface area contributed by atoms with Crippen molar-refractivity contribution in [3.8, 4) is 0 Å². The van der Waals surface area contributed by atoms with Crippen LogP contribution in [0, 0.1) is 0 Å². The Balaban J connectivity index is 2.73. The van der Waals surface area contributed by atoms with E-state index in [1.165, 1.54) is 4.90 Å². The predicted molar refractivity (Wildman–Crippen MR) is 68.3 cm³/mol. The van der Waals surface area contributed by atoms with E-state index in [1.807, 2.05) is 6.92 Å². The van der Waals surface area contributed by atoms with E-state index < -0.39 is 30.4 Å². The molecule has 0 radical (unpaired) electrons. The van der Waals surface area contributed by atoms with Crippen LogP contribution in [0.1, 0.15) is 32.6 Å². The highest BCUT2D eigenvalue weighted by Gasteiger charge is 2.36. The van der Waals surface area contributed by atoms with Crippen LogP contribution in [0.5, 0.6) is 0 Å². The monoisotopic (exact) mass is 271 g/mol. The number of carboxylic acid groups (broad SMARTS) is 1. The zero-order chi connectivity index (χ0) is 14.4. The molecule has 0 aromatic heterocycles. The molecule has 1 saturated heterocycles. The second-order valence-electron chi connectivity index (χ2n) is 4.69. The zero-order valence-corrected chi connectivity index (χ0v) is 11.1. The van der Waals surface area contributed by atoms with Gasteiger partial charge in [-0.05, 0) is 6.42 Å². The summed E-state index contributed by atoms with van der Waals surface area (Å²) in [6, 6.07) is -1.62. The molecule has 0 aromatic rings. The molecule has 0 aliphatic carbocycles. The Morgan fingerprint density at radius 3 is 2.84 bits per heavy atom. The molecule has 1 rings (SSSR count). The lowest BCUT2D eigenvalue weighted by molar-refractivity contribution is -0.149. The summed E-state index contributed by atoms with van der Waals surface area (Å²) < 4.78 is 0. The van der Waals surface area contributed by atoms with Gasteiger partial charge in [-0.15, -0.1) is 0 Å². The smallest absolute Gasteiger partial charge is 0.305 e. The van der Waals surface area contributed by atoms with Gasteiger partial charge in [-0.25, -0.2) is 0 Å². The van der Waals surface area contributed by atoms with Gasteiger partial charge in [0, 0.05) is 13.1 Å². The van der Waals surface area contributed by atoms with E-state index in [-0.39, 0.29) is 5.91 Å². The number of carbonyl (C=O) groups is 3. The third kappa shape index (κ3) is 4.20. The first-order valence-electron chi connectivity index (χ1n) is 6.53. The summed E-state index contributed by atoms with van der Waals surface area (Å²) in [5.41, 5.74) is 5.80. The maximum absolute atomic E-state index is 12.2. The maximum Gasteiger partial charge on any atom is 0.305 e. The predicted octanol–water partition coefficient (Wildman–Crippen LogP) is -0.694. The standard InChI is InChI=1S/C12H21N3O4/c1-2-3-4-8(13)12(19)15-6-5-14-11(18)9(15)7-10(16)17/h8-9H,2-7,13H2,1H3,(H,14,18)(H,16,17). The first-order valence-corrected chi connectivity index (χ1v) is 6.53. The highest BCUT2D eigenvalue weighted by atomic mass is 16.4. The fourth-order valence-corrected chi connectivity index (χ4v) is 2.11. The largest absolute Gasteiger partial charge is 0.481 e. The molecule has 2 amide bonds. The Kier molecular flexibility index (Phi) is 5.75. The second kappa shape index (κ2) is 7.08. The Morgan fingerprint density at radius 1 is 1.58 bits per heavy atom. The van der Waals surface area contributed by atoms with Crippen LogP contribution in [0.15, 0.2) is 0 Å². The Morgan fingerprint density at radius 2 is 2.26 bits per heavy atom. The van der Waals surface area contributed by atoms with Crippen LogP contribution in [-0.2, 0) is 14.4 Å². The van der Waals surface area contributed by atoms with Crippen LogP contribution in [-0.4, -0.2) is 53.0 Å². The van der Waals surface area contributed by atoms with Gasteiger partial charge in [0.05, 0.1) is 12.5 Å². The van der Waals surface area contributed by atoms with Crippen molar-refractivity contribution in [1.29, 1.82) is 0 Å². The molecule has 7 heteroatoms. The van der Waals surface area contributed by atoms with Crippen LogP contribution in [0.4, 0.5) is 0 Å². The number of piperazine rings is 1. The van der Waals surface area contributed by atoms with E-state index in [9.17, 15) is 14.4 Å². The third-order valence-corrected chi connectivity index (χ3v) is 3.17. The number of rotatable bonds is 6. The number of carboxylic acids is 1. The van der Waals surface area contributed by atoms with Crippen molar-refractivity contribution in [1.82, 2.24) is 10.2 Å². The van der Waals surface area contributed by atoms with Crippen LogP contribution in [0.3, 0.4) is 0 Å². The Hall–Kier alpha value is -1.63.